The fourth-order valence-corrected chi connectivity index (χ4v) is 3.44. The second-order valence-electron chi connectivity index (χ2n) is 7.54. The Hall–Kier alpha value is -0.120. The lowest BCUT2D eigenvalue weighted by atomic mass is 9.73. The van der Waals surface area contributed by atoms with Gasteiger partial charge in [0, 0.05) is 20.2 Å². The van der Waals surface area contributed by atoms with Gasteiger partial charge in [-0.15, -0.1) is 0 Å². The highest BCUT2D eigenvalue weighted by Gasteiger charge is 2.41. The van der Waals surface area contributed by atoms with Crippen molar-refractivity contribution >= 4 is 0 Å². The minimum Gasteiger partial charge on any atom is -0.377 e. The normalized spacial score (nSPS) is 30.0. The van der Waals surface area contributed by atoms with Crippen LogP contribution in [0.4, 0.5) is 0 Å². The first-order valence-electron chi connectivity index (χ1n) is 7.88. The summed E-state index contributed by atoms with van der Waals surface area (Å²) in [6, 6.07) is 0. The number of hydrogen-bond donors (Lipinski definition) is 1. The molecule has 1 atom stereocenters. The summed E-state index contributed by atoms with van der Waals surface area (Å²) in [6.07, 6.45) is 2.49. The lowest BCUT2D eigenvalue weighted by Crippen LogP contribution is -2.50. The number of methoxy groups -OCH3 is 1. The van der Waals surface area contributed by atoms with Crippen LogP contribution in [0.25, 0.3) is 0 Å². The molecule has 0 bridgehead atoms. The summed E-state index contributed by atoms with van der Waals surface area (Å²) in [5.41, 5.74) is 0.573. The van der Waals surface area contributed by atoms with Crippen LogP contribution in [0.15, 0.2) is 0 Å². The van der Waals surface area contributed by atoms with E-state index in [1.165, 1.54) is 39.0 Å². The summed E-state index contributed by atoms with van der Waals surface area (Å²) in [5.74, 6) is 1.47. The molecule has 2 saturated heterocycles. The van der Waals surface area contributed by atoms with Crippen LogP contribution in [-0.2, 0) is 4.74 Å². The summed E-state index contributed by atoms with van der Waals surface area (Å²) in [7, 11) is 1.88. The molecule has 0 radical (unpaired) electrons. The molecule has 2 aliphatic rings. The van der Waals surface area contributed by atoms with Gasteiger partial charge in [0.1, 0.15) is 0 Å². The summed E-state index contributed by atoms with van der Waals surface area (Å²) < 4.78 is 5.85. The van der Waals surface area contributed by atoms with Gasteiger partial charge in [-0.1, -0.05) is 27.7 Å². The molecule has 0 aromatic rings. The molecule has 1 N–H and O–H groups in total. The molecular formula is C16H32N2O. The van der Waals surface area contributed by atoms with Crippen molar-refractivity contribution in [1.82, 2.24) is 10.2 Å². The Kier molecular flexibility index (Phi) is 4.59. The third-order valence-corrected chi connectivity index (χ3v) is 5.76. The molecule has 0 aromatic carbocycles. The van der Waals surface area contributed by atoms with Gasteiger partial charge in [-0.25, -0.2) is 0 Å². The highest BCUT2D eigenvalue weighted by atomic mass is 16.5. The van der Waals surface area contributed by atoms with Crippen molar-refractivity contribution in [3.63, 3.8) is 0 Å². The lowest BCUT2D eigenvalue weighted by molar-refractivity contribution is -0.0391. The number of nitrogens with one attached hydrogen (secondary N) is 1. The zero-order valence-corrected chi connectivity index (χ0v) is 13.5. The maximum Gasteiger partial charge on any atom is 0.0839 e. The second-order valence-corrected chi connectivity index (χ2v) is 7.54. The van der Waals surface area contributed by atoms with E-state index in [4.69, 9.17) is 4.74 Å². The molecule has 2 rings (SSSR count). The van der Waals surface area contributed by atoms with E-state index >= 15 is 0 Å². The summed E-state index contributed by atoms with van der Waals surface area (Å²) in [6.45, 7) is 15.4. The molecule has 112 valence electrons. The predicted octanol–water partition coefficient (Wildman–Crippen LogP) is 2.37. The van der Waals surface area contributed by atoms with Crippen molar-refractivity contribution in [3.05, 3.63) is 0 Å². The maximum atomic E-state index is 5.85. The topological polar surface area (TPSA) is 24.5 Å². The van der Waals surface area contributed by atoms with Gasteiger partial charge in [-0.05, 0) is 49.7 Å². The molecule has 3 nitrogen and oxygen atoms in total. The van der Waals surface area contributed by atoms with E-state index < -0.39 is 0 Å². The number of hydrogen-bond acceptors (Lipinski definition) is 3. The first-order chi connectivity index (χ1) is 8.89. The van der Waals surface area contributed by atoms with E-state index in [-0.39, 0.29) is 5.60 Å². The average molecular weight is 268 g/mol. The van der Waals surface area contributed by atoms with Crippen molar-refractivity contribution in [1.29, 1.82) is 0 Å². The molecule has 0 aliphatic carbocycles. The predicted molar refractivity (Wildman–Crippen MR) is 80.4 cm³/mol. The molecule has 0 saturated carbocycles. The molecule has 0 amide bonds. The van der Waals surface area contributed by atoms with Gasteiger partial charge < -0.3 is 15.0 Å². The quantitative estimate of drug-likeness (QED) is 0.800. The molecule has 2 aliphatic heterocycles. The minimum atomic E-state index is 0.0994. The highest BCUT2D eigenvalue weighted by Crippen LogP contribution is 2.36. The summed E-state index contributed by atoms with van der Waals surface area (Å²) >= 11 is 0. The van der Waals surface area contributed by atoms with E-state index in [1.807, 2.05) is 7.11 Å². The van der Waals surface area contributed by atoms with Gasteiger partial charge in [-0.2, -0.15) is 0 Å². The van der Waals surface area contributed by atoms with Gasteiger partial charge in [0.2, 0.25) is 0 Å². The third-order valence-electron chi connectivity index (χ3n) is 5.76. The maximum absolute atomic E-state index is 5.85. The zero-order chi connectivity index (χ0) is 14.1. The fraction of sp³-hybridized carbons (Fsp3) is 1.00. The number of rotatable bonds is 6. The van der Waals surface area contributed by atoms with Gasteiger partial charge in [-0.3, -0.25) is 0 Å². The van der Waals surface area contributed by atoms with E-state index in [9.17, 15) is 0 Å². The molecule has 0 aromatic heterocycles. The van der Waals surface area contributed by atoms with Crippen molar-refractivity contribution in [2.75, 3.05) is 39.8 Å². The minimum absolute atomic E-state index is 0.0994. The lowest BCUT2D eigenvalue weighted by Gasteiger charge is -2.42. The smallest absolute Gasteiger partial charge is 0.0839 e. The Morgan fingerprint density at radius 1 is 1.37 bits per heavy atom. The van der Waals surface area contributed by atoms with E-state index in [2.05, 4.69) is 37.9 Å². The average Bonchev–Trinajstić information content (AvgIpc) is 2.68. The zero-order valence-electron chi connectivity index (χ0n) is 13.5. The Balaban J connectivity index is 1.81. The van der Waals surface area contributed by atoms with Crippen molar-refractivity contribution in [2.45, 2.75) is 46.1 Å². The molecular weight excluding hydrogens is 236 g/mol. The first-order valence-corrected chi connectivity index (χ1v) is 7.88. The van der Waals surface area contributed by atoms with E-state index in [0.717, 1.165) is 12.5 Å². The second kappa shape index (κ2) is 5.71. The van der Waals surface area contributed by atoms with Crippen molar-refractivity contribution in [2.24, 2.45) is 17.3 Å². The fourth-order valence-electron chi connectivity index (χ4n) is 3.44. The van der Waals surface area contributed by atoms with E-state index in [0.29, 0.717) is 11.3 Å². The van der Waals surface area contributed by atoms with Crippen LogP contribution in [0.2, 0.25) is 0 Å². The number of likely N-dealkylation sites (tertiary alicyclic amines) is 1. The molecule has 19 heavy (non-hydrogen) atoms. The Labute approximate surface area is 119 Å². The van der Waals surface area contributed by atoms with Gasteiger partial charge >= 0.3 is 0 Å². The Bertz CT molecular complexity index is 299. The van der Waals surface area contributed by atoms with Gasteiger partial charge in [0.15, 0.2) is 0 Å². The molecule has 0 spiro atoms. The molecule has 2 heterocycles. The highest BCUT2D eigenvalue weighted by molar-refractivity contribution is 4.95. The summed E-state index contributed by atoms with van der Waals surface area (Å²) in [5, 5.41) is 3.40. The largest absolute Gasteiger partial charge is 0.377 e. The SMILES string of the molecule is COC1(C(C)C)CCN(CCC(C)(C)C2CNC2)C1. The van der Waals surface area contributed by atoms with E-state index in [1.54, 1.807) is 0 Å². The summed E-state index contributed by atoms with van der Waals surface area (Å²) in [4.78, 5) is 2.61. The van der Waals surface area contributed by atoms with Crippen LogP contribution in [0.1, 0.15) is 40.5 Å². The van der Waals surface area contributed by atoms with Crippen LogP contribution >= 0.6 is 0 Å². The van der Waals surface area contributed by atoms with Crippen molar-refractivity contribution in [3.8, 4) is 0 Å². The van der Waals surface area contributed by atoms with Crippen LogP contribution in [-0.4, -0.2) is 50.3 Å². The van der Waals surface area contributed by atoms with Crippen LogP contribution < -0.4 is 5.32 Å². The molecule has 1 unspecified atom stereocenters. The van der Waals surface area contributed by atoms with Crippen LogP contribution in [0, 0.1) is 17.3 Å². The van der Waals surface area contributed by atoms with Crippen molar-refractivity contribution < 1.29 is 4.74 Å². The standard InChI is InChI=1S/C16H32N2O/c1-13(2)16(19-5)7-9-18(12-16)8-6-15(3,4)14-10-17-11-14/h13-14,17H,6-12H2,1-5H3. The number of ether oxygens (including phenoxy) is 1. The van der Waals surface area contributed by atoms with Crippen LogP contribution in [0.3, 0.4) is 0 Å². The molecule has 2 fully saturated rings. The Morgan fingerprint density at radius 3 is 2.47 bits per heavy atom. The first kappa shape index (κ1) is 15.3. The third kappa shape index (κ3) is 3.14. The monoisotopic (exact) mass is 268 g/mol. The van der Waals surface area contributed by atoms with Gasteiger partial charge in [0.25, 0.3) is 0 Å². The van der Waals surface area contributed by atoms with Gasteiger partial charge in [0.05, 0.1) is 5.60 Å². The molecule has 3 heteroatoms. The van der Waals surface area contributed by atoms with Crippen LogP contribution in [0.5, 0.6) is 0 Å². The Morgan fingerprint density at radius 2 is 2.05 bits per heavy atom. The number of nitrogens with zero attached hydrogens (tertiary/aromatic N) is 1.